The van der Waals surface area contributed by atoms with Crippen LogP contribution < -0.4 is 10.3 Å². The summed E-state index contributed by atoms with van der Waals surface area (Å²) in [4.78, 5) is 27.3. The van der Waals surface area contributed by atoms with Gasteiger partial charge in [-0.05, 0) is 37.3 Å². The van der Waals surface area contributed by atoms with Crippen LogP contribution in [0.25, 0.3) is 22.4 Å². The van der Waals surface area contributed by atoms with Crippen molar-refractivity contribution >= 4 is 32.3 Å². The molecule has 0 aliphatic heterocycles. The SMILES string of the molecule is Cc1ccc(S(=O)(=O)Nc2ccc([N+](=O)[O-])cc2-c2nc3ccccc3c(=O)o2)cc1. The molecule has 4 rings (SSSR count). The molecule has 0 aliphatic carbocycles. The van der Waals surface area contributed by atoms with Gasteiger partial charge < -0.3 is 4.42 Å². The molecule has 1 aromatic heterocycles. The Kier molecular flexibility index (Phi) is 4.99. The van der Waals surface area contributed by atoms with E-state index >= 15 is 0 Å². The van der Waals surface area contributed by atoms with Crippen LogP contribution in [0.15, 0.2) is 80.8 Å². The molecule has 3 aromatic carbocycles. The molecule has 0 spiro atoms. The number of sulfonamides is 1. The van der Waals surface area contributed by atoms with Crippen LogP contribution in [0.1, 0.15) is 5.56 Å². The summed E-state index contributed by atoms with van der Waals surface area (Å²) in [5.74, 6) is -0.242. The van der Waals surface area contributed by atoms with E-state index in [4.69, 9.17) is 4.42 Å². The van der Waals surface area contributed by atoms with Crippen LogP contribution in [0.2, 0.25) is 0 Å². The number of fused-ring (bicyclic) bond motifs is 1. The number of non-ortho nitro benzene ring substituents is 1. The molecule has 0 aliphatic rings. The van der Waals surface area contributed by atoms with Crippen molar-refractivity contribution in [2.75, 3.05) is 4.72 Å². The maximum Gasteiger partial charge on any atom is 0.347 e. The molecule has 10 heteroatoms. The first-order valence-electron chi connectivity index (χ1n) is 9.03. The number of nitro groups is 1. The van der Waals surface area contributed by atoms with Crippen molar-refractivity contribution in [3.8, 4) is 11.5 Å². The van der Waals surface area contributed by atoms with E-state index in [0.717, 1.165) is 17.7 Å². The zero-order valence-corrected chi connectivity index (χ0v) is 16.9. The fourth-order valence-electron chi connectivity index (χ4n) is 2.97. The van der Waals surface area contributed by atoms with Gasteiger partial charge in [0.2, 0.25) is 5.89 Å². The smallest absolute Gasteiger partial charge is 0.347 e. The Labute approximate surface area is 176 Å². The van der Waals surface area contributed by atoms with Gasteiger partial charge in [0.1, 0.15) is 0 Å². The highest BCUT2D eigenvalue weighted by Gasteiger charge is 2.21. The fourth-order valence-corrected chi connectivity index (χ4v) is 4.05. The van der Waals surface area contributed by atoms with E-state index in [-0.39, 0.29) is 33.1 Å². The largest absolute Gasteiger partial charge is 0.403 e. The van der Waals surface area contributed by atoms with Gasteiger partial charge in [0.15, 0.2) is 0 Å². The Morgan fingerprint density at radius 3 is 2.45 bits per heavy atom. The summed E-state index contributed by atoms with van der Waals surface area (Å²) in [6.07, 6.45) is 0. The minimum absolute atomic E-state index is 0.00956. The lowest BCUT2D eigenvalue weighted by molar-refractivity contribution is -0.384. The van der Waals surface area contributed by atoms with Gasteiger partial charge >= 0.3 is 5.63 Å². The van der Waals surface area contributed by atoms with Crippen molar-refractivity contribution in [2.45, 2.75) is 11.8 Å². The Morgan fingerprint density at radius 2 is 1.74 bits per heavy atom. The summed E-state index contributed by atoms with van der Waals surface area (Å²) in [6, 6.07) is 16.1. The number of hydrogen-bond acceptors (Lipinski definition) is 7. The molecule has 9 nitrogen and oxygen atoms in total. The molecule has 1 N–H and O–H groups in total. The maximum absolute atomic E-state index is 12.8. The number of hydrogen-bond donors (Lipinski definition) is 1. The van der Waals surface area contributed by atoms with E-state index in [1.807, 2.05) is 6.92 Å². The molecule has 4 aromatic rings. The van der Waals surface area contributed by atoms with Gasteiger partial charge in [-0.2, -0.15) is 0 Å². The van der Waals surface area contributed by atoms with Crippen LogP contribution in [0.5, 0.6) is 0 Å². The first-order valence-corrected chi connectivity index (χ1v) is 10.5. The number of benzene rings is 3. The lowest BCUT2D eigenvalue weighted by atomic mass is 10.1. The molecule has 156 valence electrons. The van der Waals surface area contributed by atoms with Gasteiger partial charge in [-0.1, -0.05) is 29.8 Å². The quantitative estimate of drug-likeness (QED) is 0.370. The second kappa shape index (κ2) is 7.65. The van der Waals surface area contributed by atoms with Crippen LogP contribution in [0, 0.1) is 17.0 Å². The predicted octanol–water partition coefficient (Wildman–Crippen LogP) is 3.87. The highest BCUT2D eigenvalue weighted by molar-refractivity contribution is 7.92. The summed E-state index contributed by atoms with van der Waals surface area (Å²) >= 11 is 0. The highest BCUT2D eigenvalue weighted by atomic mass is 32.2. The van der Waals surface area contributed by atoms with E-state index < -0.39 is 20.6 Å². The first-order chi connectivity index (χ1) is 14.7. The Balaban J connectivity index is 1.88. The lowest BCUT2D eigenvalue weighted by Gasteiger charge is -2.12. The summed E-state index contributed by atoms with van der Waals surface area (Å²) in [5.41, 5.74) is 0.139. The molecule has 31 heavy (non-hydrogen) atoms. The maximum atomic E-state index is 12.8. The van der Waals surface area contributed by atoms with Crippen LogP contribution in [0.4, 0.5) is 11.4 Å². The average molecular weight is 437 g/mol. The standard InChI is InChI=1S/C21H15N3O6S/c1-13-6-9-15(10-7-13)31(28,29)23-19-11-8-14(24(26)27)12-17(19)20-22-18-5-3-2-4-16(18)21(25)30-20/h2-12,23H,1H3. The molecule has 0 atom stereocenters. The monoisotopic (exact) mass is 437 g/mol. The fraction of sp³-hybridized carbons (Fsp3) is 0.0476. The van der Waals surface area contributed by atoms with Crippen molar-refractivity contribution < 1.29 is 17.8 Å². The van der Waals surface area contributed by atoms with Crippen LogP contribution in [-0.4, -0.2) is 18.3 Å². The number of rotatable bonds is 5. The van der Waals surface area contributed by atoms with Crippen molar-refractivity contribution in [3.63, 3.8) is 0 Å². The van der Waals surface area contributed by atoms with Crippen LogP contribution in [-0.2, 0) is 10.0 Å². The van der Waals surface area contributed by atoms with Gasteiger partial charge in [-0.25, -0.2) is 18.2 Å². The first kappa shape index (κ1) is 20.2. The zero-order chi connectivity index (χ0) is 22.2. The number of nitrogens with one attached hydrogen (secondary N) is 1. The number of anilines is 1. The van der Waals surface area contributed by atoms with Gasteiger partial charge in [0.05, 0.1) is 32.0 Å². The van der Waals surface area contributed by atoms with Crippen molar-refractivity contribution in [3.05, 3.63) is 92.8 Å². The van der Waals surface area contributed by atoms with E-state index in [1.54, 1.807) is 30.3 Å². The van der Waals surface area contributed by atoms with E-state index in [2.05, 4.69) is 9.71 Å². The van der Waals surface area contributed by atoms with E-state index in [9.17, 15) is 23.3 Å². The normalized spacial score (nSPS) is 11.4. The molecule has 0 unspecified atom stereocenters. The molecule has 0 fully saturated rings. The van der Waals surface area contributed by atoms with Crippen LogP contribution in [0.3, 0.4) is 0 Å². The summed E-state index contributed by atoms with van der Waals surface area (Å²) < 4.78 is 33.3. The molecule has 0 bridgehead atoms. The van der Waals surface area contributed by atoms with Gasteiger partial charge in [-0.15, -0.1) is 0 Å². The molecule has 1 heterocycles. The topological polar surface area (TPSA) is 132 Å². The van der Waals surface area contributed by atoms with Gasteiger partial charge in [0, 0.05) is 12.1 Å². The molecule has 0 saturated heterocycles. The van der Waals surface area contributed by atoms with Gasteiger partial charge in [0.25, 0.3) is 15.7 Å². The Hall–Kier alpha value is -4.05. The number of nitrogens with zero attached hydrogens (tertiary/aromatic N) is 2. The Morgan fingerprint density at radius 1 is 1.03 bits per heavy atom. The van der Waals surface area contributed by atoms with Crippen molar-refractivity contribution in [1.29, 1.82) is 0 Å². The van der Waals surface area contributed by atoms with E-state index in [0.29, 0.717) is 5.52 Å². The highest BCUT2D eigenvalue weighted by Crippen LogP contribution is 2.32. The second-order valence-corrected chi connectivity index (χ2v) is 8.41. The summed E-state index contributed by atoms with van der Waals surface area (Å²) in [6.45, 7) is 1.83. The number of aryl methyl sites for hydroxylation is 1. The third-order valence-electron chi connectivity index (χ3n) is 4.56. The minimum Gasteiger partial charge on any atom is -0.403 e. The number of nitro benzene ring substituents is 1. The lowest BCUT2D eigenvalue weighted by Crippen LogP contribution is -2.14. The van der Waals surface area contributed by atoms with Gasteiger partial charge in [-0.3, -0.25) is 14.8 Å². The average Bonchev–Trinajstić information content (AvgIpc) is 2.74. The molecular weight excluding hydrogens is 422 g/mol. The number of aromatic nitrogens is 1. The number of para-hydroxylation sites is 1. The van der Waals surface area contributed by atoms with Crippen LogP contribution >= 0.6 is 0 Å². The summed E-state index contributed by atoms with van der Waals surface area (Å²) in [7, 11) is -4.01. The second-order valence-electron chi connectivity index (χ2n) is 6.73. The molecular formula is C21H15N3O6S. The van der Waals surface area contributed by atoms with Crippen molar-refractivity contribution in [2.24, 2.45) is 0 Å². The molecule has 0 radical (unpaired) electrons. The molecule has 0 amide bonds. The van der Waals surface area contributed by atoms with Crippen molar-refractivity contribution in [1.82, 2.24) is 4.98 Å². The third kappa shape index (κ3) is 4.01. The third-order valence-corrected chi connectivity index (χ3v) is 5.94. The summed E-state index contributed by atoms with van der Waals surface area (Å²) in [5, 5.41) is 11.5. The zero-order valence-electron chi connectivity index (χ0n) is 16.1. The Bertz CT molecular complexity index is 1480. The molecule has 0 saturated carbocycles. The van der Waals surface area contributed by atoms with E-state index in [1.165, 1.54) is 24.3 Å². The minimum atomic E-state index is -4.01. The predicted molar refractivity (Wildman–Crippen MR) is 114 cm³/mol.